The molecule has 0 bridgehead atoms. The third-order valence-corrected chi connectivity index (χ3v) is 11.8. The summed E-state index contributed by atoms with van der Waals surface area (Å²) in [5.74, 6) is 0.454. The van der Waals surface area contributed by atoms with Gasteiger partial charge in [0.15, 0.2) is 0 Å². The van der Waals surface area contributed by atoms with Crippen LogP contribution in [0, 0.1) is 5.92 Å². The smallest absolute Gasteiger partial charge is 0.243 e. The van der Waals surface area contributed by atoms with Gasteiger partial charge in [0, 0.05) is 26.1 Å². The van der Waals surface area contributed by atoms with E-state index in [4.69, 9.17) is 0 Å². The highest BCUT2D eigenvalue weighted by molar-refractivity contribution is 5.88. The zero-order valence-corrected chi connectivity index (χ0v) is 38.1. The fraction of sp³-hybridized carbons (Fsp3) is 0.880. The molecule has 0 saturated carbocycles. The molecule has 324 valence electrons. The number of hydrogen-bond acceptors (Lipinski definition) is 3. The minimum Gasteiger partial charge on any atom is -0.354 e. The standard InChI is InChI=1S/C50H97N3O2/c1-7-12-15-17-19-21-23-25-27-29-31-33-35-37-39-41-44-51-50(55)49(47(10-4)42-14-9-3)53(46-45-52(6)11-5)48(54)43-40-38-36-34-32-30-28-26-24-22-20-18-16-13-8-2/h20,22,26,28,47,49H,7-19,21,23-25,27,29-46H2,1-6H3,(H,51,55)/b22-20-,28-26-. The molecule has 0 saturated heterocycles. The van der Waals surface area contributed by atoms with E-state index in [0.717, 1.165) is 77.4 Å². The molecule has 0 aromatic carbocycles. The molecule has 0 heterocycles. The van der Waals surface area contributed by atoms with Gasteiger partial charge in [-0.1, -0.05) is 207 Å². The maximum atomic E-state index is 14.0. The van der Waals surface area contributed by atoms with Crippen molar-refractivity contribution in [1.29, 1.82) is 0 Å². The highest BCUT2D eigenvalue weighted by Gasteiger charge is 2.35. The van der Waals surface area contributed by atoms with Gasteiger partial charge in [0.05, 0.1) is 0 Å². The largest absolute Gasteiger partial charge is 0.354 e. The lowest BCUT2D eigenvalue weighted by atomic mass is 9.89. The van der Waals surface area contributed by atoms with Crippen LogP contribution in [0.4, 0.5) is 0 Å². The van der Waals surface area contributed by atoms with Crippen molar-refractivity contribution in [1.82, 2.24) is 15.1 Å². The molecule has 2 atom stereocenters. The third-order valence-electron chi connectivity index (χ3n) is 11.8. The molecule has 2 unspecified atom stereocenters. The molecule has 0 aliphatic rings. The molecule has 0 fully saturated rings. The molecule has 5 nitrogen and oxygen atoms in total. The van der Waals surface area contributed by atoms with Crippen molar-refractivity contribution < 1.29 is 9.59 Å². The van der Waals surface area contributed by atoms with Crippen LogP contribution < -0.4 is 5.32 Å². The summed E-state index contributed by atoms with van der Waals surface area (Å²) in [6.07, 6.45) is 48.5. The van der Waals surface area contributed by atoms with Crippen LogP contribution in [0.25, 0.3) is 0 Å². The SMILES string of the molecule is CCCCC/C=C\C/C=C\CCCCCCCC(=O)N(CCN(C)CC)C(C(=O)NCCCCCCCCCCCCCCCCCC)C(CC)CCCC. The van der Waals surface area contributed by atoms with Gasteiger partial charge in [-0.05, 0) is 70.9 Å². The van der Waals surface area contributed by atoms with Crippen molar-refractivity contribution >= 4 is 11.8 Å². The number of allylic oxidation sites excluding steroid dienone is 4. The Morgan fingerprint density at radius 2 is 0.982 bits per heavy atom. The van der Waals surface area contributed by atoms with Crippen molar-refractivity contribution in [2.24, 2.45) is 5.92 Å². The van der Waals surface area contributed by atoms with Crippen LogP contribution in [0.1, 0.15) is 240 Å². The van der Waals surface area contributed by atoms with E-state index in [1.807, 2.05) is 4.90 Å². The first kappa shape index (κ1) is 53.4. The van der Waals surface area contributed by atoms with Crippen molar-refractivity contribution in [2.45, 2.75) is 246 Å². The Kier molecular flexibility index (Phi) is 40.8. The second kappa shape index (κ2) is 42.0. The molecule has 0 aromatic heterocycles. The van der Waals surface area contributed by atoms with Gasteiger partial charge in [-0.2, -0.15) is 0 Å². The maximum absolute atomic E-state index is 14.0. The second-order valence-corrected chi connectivity index (χ2v) is 16.8. The molecule has 0 aliphatic carbocycles. The van der Waals surface area contributed by atoms with Gasteiger partial charge in [0.25, 0.3) is 0 Å². The maximum Gasteiger partial charge on any atom is 0.243 e. The quantitative estimate of drug-likeness (QED) is 0.0497. The zero-order chi connectivity index (χ0) is 40.5. The summed E-state index contributed by atoms with van der Waals surface area (Å²) in [7, 11) is 2.12. The van der Waals surface area contributed by atoms with E-state index in [2.05, 4.69) is 76.2 Å². The number of nitrogens with one attached hydrogen (secondary N) is 1. The van der Waals surface area contributed by atoms with E-state index in [1.165, 1.54) is 141 Å². The molecule has 0 spiro atoms. The molecular formula is C50H97N3O2. The Bertz CT molecular complexity index is 886. The predicted octanol–water partition coefficient (Wildman–Crippen LogP) is 14.5. The molecule has 0 radical (unpaired) electrons. The fourth-order valence-corrected chi connectivity index (χ4v) is 7.74. The number of carbonyl (C=O) groups is 2. The minimum atomic E-state index is -0.367. The van der Waals surface area contributed by atoms with Crippen LogP contribution in [-0.2, 0) is 9.59 Å². The number of carbonyl (C=O) groups excluding carboxylic acids is 2. The number of nitrogens with zero attached hydrogens (tertiary/aromatic N) is 2. The number of rotatable bonds is 42. The Labute approximate surface area is 345 Å². The van der Waals surface area contributed by atoms with Gasteiger partial charge in [-0.15, -0.1) is 0 Å². The summed E-state index contributed by atoms with van der Waals surface area (Å²) in [6, 6.07) is -0.367. The Morgan fingerprint density at radius 1 is 0.527 bits per heavy atom. The minimum absolute atomic E-state index is 0.0800. The summed E-state index contributed by atoms with van der Waals surface area (Å²) in [6.45, 7) is 14.2. The number of likely N-dealkylation sites (N-methyl/N-ethyl adjacent to an activating group) is 1. The van der Waals surface area contributed by atoms with E-state index < -0.39 is 0 Å². The Hall–Kier alpha value is -1.62. The van der Waals surface area contributed by atoms with Crippen molar-refractivity contribution in [2.75, 3.05) is 33.2 Å². The van der Waals surface area contributed by atoms with Crippen LogP contribution in [0.2, 0.25) is 0 Å². The van der Waals surface area contributed by atoms with E-state index in [0.29, 0.717) is 13.0 Å². The molecule has 55 heavy (non-hydrogen) atoms. The molecular weight excluding hydrogens is 675 g/mol. The lowest BCUT2D eigenvalue weighted by Crippen LogP contribution is -2.55. The number of amides is 2. The van der Waals surface area contributed by atoms with Gasteiger partial charge >= 0.3 is 0 Å². The molecule has 5 heteroatoms. The summed E-state index contributed by atoms with van der Waals surface area (Å²) in [5, 5.41) is 3.33. The summed E-state index contributed by atoms with van der Waals surface area (Å²) in [4.78, 5) is 32.2. The van der Waals surface area contributed by atoms with Crippen LogP contribution in [-0.4, -0.2) is 60.9 Å². The van der Waals surface area contributed by atoms with Crippen molar-refractivity contribution in [3.8, 4) is 0 Å². The lowest BCUT2D eigenvalue weighted by molar-refractivity contribution is -0.143. The topological polar surface area (TPSA) is 52.7 Å². The van der Waals surface area contributed by atoms with Gasteiger partial charge in [-0.3, -0.25) is 9.59 Å². The van der Waals surface area contributed by atoms with Gasteiger partial charge < -0.3 is 15.1 Å². The number of unbranched alkanes of at least 4 members (excludes halogenated alkanes) is 24. The zero-order valence-electron chi connectivity index (χ0n) is 38.1. The first-order valence-electron chi connectivity index (χ1n) is 24.5. The van der Waals surface area contributed by atoms with E-state index in [9.17, 15) is 9.59 Å². The average Bonchev–Trinajstić information content (AvgIpc) is 3.19. The molecule has 0 aromatic rings. The Balaban J connectivity index is 4.74. The van der Waals surface area contributed by atoms with Gasteiger partial charge in [0.1, 0.15) is 6.04 Å². The first-order valence-corrected chi connectivity index (χ1v) is 24.5. The molecule has 1 N–H and O–H groups in total. The van der Waals surface area contributed by atoms with Crippen LogP contribution in [0.5, 0.6) is 0 Å². The first-order chi connectivity index (χ1) is 27.0. The summed E-state index contributed by atoms with van der Waals surface area (Å²) >= 11 is 0. The molecule has 0 aliphatic heterocycles. The third kappa shape index (κ3) is 33.1. The normalized spacial score (nSPS) is 13.0. The summed E-state index contributed by atoms with van der Waals surface area (Å²) in [5.41, 5.74) is 0. The van der Waals surface area contributed by atoms with Crippen molar-refractivity contribution in [3.05, 3.63) is 24.3 Å². The van der Waals surface area contributed by atoms with E-state index in [1.54, 1.807) is 0 Å². The van der Waals surface area contributed by atoms with Gasteiger partial charge in [-0.25, -0.2) is 0 Å². The number of hydrogen-bond donors (Lipinski definition) is 1. The second-order valence-electron chi connectivity index (χ2n) is 16.8. The Morgan fingerprint density at radius 3 is 1.49 bits per heavy atom. The average molecular weight is 772 g/mol. The van der Waals surface area contributed by atoms with Crippen LogP contribution in [0.3, 0.4) is 0 Å². The lowest BCUT2D eigenvalue weighted by Gasteiger charge is -2.37. The van der Waals surface area contributed by atoms with Crippen LogP contribution >= 0.6 is 0 Å². The van der Waals surface area contributed by atoms with E-state index >= 15 is 0 Å². The van der Waals surface area contributed by atoms with Crippen molar-refractivity contribution in [3.63, 3.8) is 0 Å². The van der Waals surface area contributed by atoms with Gasteiger partial charge in [0.2, 0.25) is 11.8 Å². The monoisotopic (exact) mass is 772 g/mol. The fourth-order valence-electron chi connectivity index (χ4n) is 7.74. The highest BCUT2D eigenvalue weighted by atomic mass is 16.2. The molecule has 0 rings (SSSR count). The predicted molar refractivity (Wildman–Crippen MR) is 244 cm³/mol. The summed E-state index contributed by atoms with van der Waals surface area (Å²) < 4.78 is 0. The van der Waals surface area contributed by atoms with E-state index in [-0.39, 0.29) is 23.8 Å². The van der Waals surface area contributed by atoms with Crippen LogP contribution in [0.15, 0.2) is 24.3 Å². The molecule has 2 amide bonds. The highest BCUT2D eigenvalue weighted by Crippen LogP contribution is 2.24.